The van der Waals surface area contributed by atoms with Crippen LogP contribution >= 0.6 is 27.5 Å². The van der Waals surface area contributed by atoms with Crippen LogP contribution in [0.2, 0.25) is 5.15 Å². The molecule has 1 aromatic heterocycles. The van der Waals surface area contributed by atoms with Gasteiger partial charge in [-0.2, -0.15) is 5.10 Å². The maximum atomic E-state index is 13.5. The predicted octanol–water partition coefficient (Wildman–Crippen LogP) is 4.72. The molecule has 134 valence electrons. The van der Waals surface area contributed by atoms with Crippen molar-refractivity contribution in [3.05, 3.63) is 50.5 Å². The second kappa shape index (κ2) is 6.99. The van der Waals surface area contributed by atoms with Gasteiger partial charge >= 0.3 is 0 Å². The van der Waals surface area contributed by atoms with E-state index in [4.69, 9.17) is 11.6 Å². The molecule has 1 aromatic carbocycles. The summed E-state index contributed by atoms with van der Waals surface area (Å²) in [6.07, 6.45) is -1.39. The number of carbonyl (C=O) groups is 1. The maximum Gasteiger partial charge on any atom is 0.283 e. The lowest BCUT2D eigenvalue weighted by Gasteiger charge is -2.23. The van der Waals surface area contributed by atoms with Gasteiger partial charge in [0.2, 0.25) is 0 Å². The van der Waals surface area contributed by atoms with Gasteiger partial charge in [-0.05, 0) is 36.6 Å². The van der Waals surface area contributed by atoms with Crippen molar-refractivity contribution in [1.82, 2.24) is 14.7 Å². The third kappa shape index (κ3) is 3.69. The van der Waals surface area contributed by atoms with E-state index in [1.54, 1.807) is 6.07 Å². The number of alkyl halides is 2. The Balaban J connectivity index is 1.97. The van der Waals surface area contributed by atoms with E-state index < -0.39 is 23.8 Å². The van der Waals surface area contributed by atoms with Gasteiger partial charge in [0.25, 0.3) is 12.3 Å². The molecule has 0 N–H and O–H groups in total. The van der Waals surface area contributed by atoms with E-state index in [-0.39, 0.29) is 23.3 Å². The van der Waals surface area contributed by atoms with Gasteiger partial charge in [-0.3, -0.25) is 9.48 Å². The van der Waals surface area contributed by atoms with Crippen LogP contribution in [0.4, 0.5) is 13.2 Å². The molecule has 0 saturated heterocycles. The Morgan fingerprint density at radius 1 is 1.48 bits per heavy atom. The normalized spacial score (nSPS) is 14.2. The molecule has 1 heterocycles. The zero-order chi connectivity index (χ0) is 18.3. The first-order valence-electron chi connectivity index (χ1n) is 7.55. The van der Waals surface area contributed by atoms with E-state index in [0.717, 1.165) is 17.5 Å². The third-order valence-corrected chi connectivity index (χ3v) is 5.23. The number of nitrogens with zero attached hydrogens (tertiary/aromatic N) is 3. The van der Waals surface area contributed by atoms with Crippen LogP contribution in [0.15, 0.2) is 22.7 Å². The van der Waals surface area contributed by atoms with E-state index in [1.807, 2.05) is 0 Å². The van der Waals surface area contributed by atoms with Gasteiger partial charge in [0.05, 0.1) is 0 Å². The molecule has 9 heteroatoms. The van der Waals surface area contributed by atoms with Gasteiger partial charge in [-0.15, -0.1) is 0 Å². The molecule has 2 aromatic rings. The summed E-state index contributed by atoms with van der Waals surface area (Å²) in [6, 6.07) is 4.07. The Morgan fingerprint density at radius 3 is 2.76 bits per heavy atom. The fourth-order valence-corrected chi connectivity index (χ4v) is 3.21. The highest BCUT2D eigenvalue weighted by molar-refractivity contribution is 9.10. The van der Waals surface area contributed by atoms with E-state index >= 15 is 0 Å². The lowest BCUT2D eigenvalue weighted by atomic mass is 10.1. The first kappa shape index (κ1) is 18.3. The van der Waals surface area contributed by atoms with Crippen LogP contribution in [0, 0.1) is 5.82 Å². The Labute approximate surface area is 155 Å². The summed E-state index contributed by atoms with van der Waals surface area (Å²) in [5.41, 5.74) is -0.376. The number of aryl methyl sites for hydroxylation is 1. The molecule has 1 aliphatic rings. The van der Waals surface area contributed by atoms with Gasteiger partial charge in [0, 0.05) is 24.1 Å². The molecule has 0 atom stereocenters. The molecule has 25 heavy (non-hydrogen) atoms. The molecular weight excluding hydrogens is 423 g/mol. The summed E-state index contributed by atoms with van der Waals surface area (Å²) < 4.78 is 41.7. The molecule has 0 aliphatic heterocycles. The third-order valence-electron chi connectivity index (χ3n) is 4.02. The van der Waals surface area contributed by atoms with E-state index in [1.165, 1.54) is 24.1 Å². The summed E-state index contributed by atoms with van der Waals surface area (Å²) in [6.45, 7) is 0.0930. The van der Waals surface area contributed by atoms with Gasteiger partial charge in [-0.1, -0.05) is 27.5 Å². The maximum absolute atomic E-state index is 13.5. The molecule has 3 rings (SSSR count). The quantitative estimate of drug-likeness (QED) is 0.680. The van der Waals surface area contributed by atoms with Crippen LogP contribution in [0.3, 0.4) is 0 Å². The lowest BCUT2D eigenvalue weighted by molar-refractivity contribution is 0.0717. The molecule has 1 saturated carbocycles. The predicted molar refractivity (Wildman–Crippen MR) is 90.2 cm³/mol. The minimum Gasteiger partial charge on any atom is -0.331 e. The fourth-order valence-electron chi connectivity index (χ4n) is 2.62. The number of amides is 1. The zero-order valence-electron chi connectivity index (χ0n) is 13.1. The van der Waals surface area contributed by atoms with Gasteiger partial charge in [-0.25, -0.2) is 13.2 Å². The summed E-state index contributed by atoms with van der Waals surface area (Å²) in [4.78, 5) is 14.4. The van der Waals surface area contributed by atoms with Gasteiger partial charge in [0.1, 0.15) is 22.2 Å². The second-order valence-corrected chi connectivity index (χ2v) is 7.09. The Bertz CT molecular complexity index is 823. The zero-order valence-corrected chi connectivity index (χ0v) is 15.5. The lowest BCUT2D eigenvalue weighted by Crippen LogP contribution is -2.33. The number of carbonyl (C=O) groups excluding carboxylic acids is 1. The number of rotatable bonds is 5. The van der Waals surface area contributed by atoms with E-state index in [9.17, 15) is 18.0 Å². The van der Waals surface area contributed by atoms with Crippen molar-refractivity contribution in [2.45, 2.75) is 31.9 Å². The van der Waals surface area contributed by atoms with Crippen molar-refractivity contribution in [2.24, 2.45) is 7.05 Å². The Kier molecular flexibility index (Phi) is 5.11. The van der Waals surface area contributed by atoms with Crippen LogP contribution in [0.25, 0.3) is 0 Å². The highest BCUT2D eigenvalue weighted by atomic mass is 79.9. The standard InChI is InChI=1S/C16H14BrClF3N3O/c1-23-14(18)12(13(22-23)15(20)21)16(25)24(10-3-4-10)7-8-6-9(19)2-5-11(8)17/h2,5-6,10,15H,3-4,7H2,1H3. The van der Waals surface area contributed by atoms with Crippen molar-refractivity contribution in [1.29, 1.82) is 0 Å². The van der Waals surface area contributed by atoms with Crippen molar-refractivity contribution < 1.29 is 18.0 Å². The van der Waals surface area contributed by atoms with Crippen LogP contribution in [0.5, 0.6) is 0 Å². The molecule has 0 bridgehead atoms. The molecule has 0 spiro atoms. The average Bonchev–Trinajstić information content (AvgIpc) is 3.34. The molecule has 0 unspecified atom stereocenters. The molecule has 1 fully saturated rings. The fraction of sp³-hybridized carbons (Fsp3) is 0.375. The topological polar surface area (TPSA) is 38.1 Å². The van der Waals surface area contributed by atoms with Crippen molar-refractivity contribution >= 4 is 33.4 Å². The number of benzene rings is 1. The molecule has 1 aliphatic carbocycles. The number of aromatic nitrogens is 2. The summed E-state index contributed by atoms with van der Waals surface area (Å²) in [5, 5.41) is 3.51. The number of hydrogen-bond acceptors (Lipinski definition) is 2. The summed E-state index contributed by atoms with van der Waals surface area (Å²) in [7, 11) is 1.40. The summed E-state index contributed by atoms with van der Waals surface area (Å²) >= 11 is 9.35. The molecular formula is C16H14BrClF3N3O. The largest absolute Gasteiger partial charge is 0.331 e. The minimum absolute atomic E-state index is 0.0792. The van der Waals surface area contributed by atoms with E-state index in [2.05, 4.69) is 21.0 Å². The molecule has 1 amide bonds. The SMILES string of the molecule is Cn1nc(C(F)F)c(C(=O)N(Cc2cc(F)ccc2Br)C2CC2)c1Cl. The minimum atomic E-state index is -2.92. The molecule has 4 nitrogen and oxygen atoms in total. The molecule has 0 radical (unpaired) electrons. The first-order valence-corrected chi connectivity index (χ1v) is 8.72. The number of hydrogen-bond donors (Lipinski definition) is 0. The smallest absolute Gasteiger partial charge is 0.283 e. The Morgan fingerprint density at radius 2 is 2.16 bits per heavy atom. The first-order chi connectivity index (χ1) is 11.8. The van der Waals surface area contributed by atoms with Gasteiger partial charge in [0.15, 0.2) is 0 Å². The highest BCUT2D eigenvalue weighted by Gasteiger charge is 2.37. The van der Waals surface area contributed by atoms with Crippen LogP contribution in [0.1, 0.15) is 40.9 Å². The summed E-state index contributed by atoms with van der Waals surface area (Å²) in [5.74, 6) is -1.05. The van der Waals surface area contributed by atoms with Crippen molar-refractivity contribution in [3.63, 3.8) is 0 Å². The second-order valence-electron chi connectivity index (χ2n) is 5.88. The highest BCUT2D eigenvalue weighted by Crippen LogP contribution is 2.35. The van der Waals surface area contributed by atoms with Crippen molar-refractivity contribution in [3.8, 4) is 0 Å². The van der Waals surface area contributed by atoms with Crippen molar-refractivity contribution in [2.75, 3.05) is 0 Å². The monoisotopic (exact) mass is 435 g/mol. The van der Waals surface area contributed by atoms with Gasteiger partial charge < -0.3 is 4.90 Å². The number of halogens is 5. The average molecular weight is 437 g/mol. The van der Waals surface area contributed by atoms with Crippen LogP contribution < -0.4 is 0 Å². The van der Waals surface area contributed by atoms with E-state index in [0.29, 0.717) is 10.0 Å². The Hall–Kier alpha value is -1.54. The van der Waals surface area contributed by atoms with Crippen LogP contribution in [-0.4, -0.2) is 26.6 Å². The van der Waals surface area contributed by atoms with Crippen LogP contribution in [-0.2, 0) is 13.6 Å².